The number of benzene rings is 3. The van der Waals surface area contributed by atoms with Gasteiger partial charge < -0.3 is 10.1 Å². The molecule has 0 aliphatic heterocycles. The van der Waals surface area contributed by atoms with Crippen LogP contribution in [0.15, 0.2) is 77.7 Å². The Labute approximate surface area is 187 Å². The fraction of sp³-hybridized carbons (Fsp3) is 0.174. The molecule has 1 amide bonds. The normalized spacial score (nSPS) is 12.2. The minimum Gasteiger partial charge on any atom is -0.495 e. The average Bonchev–Trinajstić information content (AvgIpc) is 2.75. The predicted octanol–water partition coefficient (Wildman–Crippen LogP) is 4.19. The van der Waals surface area contributed by atoms with Gasteiger partial charge in [0, 0.05) is 0 Å². The average molecular weight is 459 g/mol. The molecule has 0 saturated heterocycles. The Bertz CT molecular complexity index is 1170. The van der Waals surface area contributed by atoms with Gasteiger partial charge in [-0.05, 0) is 48.7 Å². The topological polar surface area (TPSA) is 84.5 Å². The molecule has 1 atom stereocenters. The van der Waals surface area contributed by atoms with Crippen LogP contribution in [0.3, 0.4) is 0 Å². The van der Waals surface area contributed by atoms with Crippen LogP contribution in [0.2, 0.25) is 5.02 Å². The van der Waals surface area contributed by atoms with E-state index >= 15 is 0 Å². The summed E-state index contributed by atoms with van der Waals surface area (Å²) >= 11 is 6.15. The SMILES string of the molecule is COc1ccc(C)cc1S(=O)(=O)N[C@@H](Cc1ccccc1)C(=O)Nc1ccccc1Cl. The molecule has 0 fully saturated rings. The molecule has 0 radical (unpaired) electrons. The predicted molar refractivity (Wildman–Crippen MR) is 122 cm³/mol. The van der Waals surface area contributed by atoms with Crippen LogP contribution in [0.1, 0.15) is 11.1 Å². The number of methoxy groups -OCH3 is 1. The molecule has 162 valence electrons. The van der Waals surface area contributed by atoms with Crippen molar-refractivity contribution in [3.8, 4) is 5.75 Å². The van der Waals surface area contributed by atoms with Crippen LogP contribution in [0.4, 0.5) is 5.69 Å². The third kappa shape index (κ3) is 5.85. The molecule has 0 bridgehead atoms. The fourth-order valence-corrected chi connectivity index (χ4v) is 4.70. The first-order chi connectivity index (χ1) is 14.8. The van der Waals surface area contributed by atoms with Gasteiger partial charge in [0.25, 0.3) is 0 Å². The second-order valence-electron chi connectivity index (χ2n) is 6.99. The number of aryl methyl sites for hydroxylation is 1. The monoisotopic (exact) mass is 458 g/mol. The highest BCUT2D eigenvalue weighted by Crippen LogP contribution is 2.26. The summed E-state index contributed by atoms with van der Waals surface area (Å²) < 4.78 is 34.1. The molecule has 0 saturated carbocycles. The summed E-state index contributed by atoms with van der Waals surface area (Å²) in [6.45, 7) is 1.78. The highest BCUT2D eigenvalue weighted by molar-refractivity contribution is 7.89. The Balaban J connectivity index is 1.93. The number of hydrogen-bond acceptors (Lipinski definition) is 4. The van der Waals surface area contributed by atoms with Crippen LogP contribution in [0.25, 0.3) is 0 Å². The van der Waals surface area contributed by atoms with Crippen LogP contribution < -0.4 is 14.8 Å². The minimum absolute atomic E-state index is 0.0291. The van der Waals surface area contributed by atoms with Crippen LogP contribution in [-0.4, -0.2) is 27.5 Å². The van der Waals surface area contributed by atoms with Crippen molar-refractivity contribution in [1.82, 2.24) is 4.72 Å². The molecule has 0 spiro atoms. The van der Waals surface area contributed by atoms with Crippen molar-refractivity contribution in [2.24, 2.45) is 0 Å². The summed E-state index contributed by atoms with van der Waals surface area (Å²) in [6.07, 6.45) is 0.157. The quantitative estimate of drug-likeness (QED) is 0.530. The highest BCUT2D eigenvalue weighted by atomic mass is 35.5. The summed E-state index contributed by atoms with van der Waals surface area (Å²) in [7, 11) is -2.66. The number of nitrogens with one attached hydrogen (secondary N) is 2. The largest absolute Gasteiger partial charge is 0.495 e. The maximum absolute atomic E-state index is 13.2. The smallest absolute Gasteiger partial charge is 0.245 e. The zero-order valence-corrected chi connectivity index (χ0v) is 18.7. The Hall–Kier alpha value is -2.87. The van der Waals surface area contributed by atoms with E-state index in [2.05, 4.69) is 10.0 Å². The fourth-order valence-electron chi connectivity index (χ4n) is 3.06. The molecule has 0 unspecified atom stereocenters. The molecule has 8 heteroatoms. The van der Waals surface area contributed by atoms with Gasteiger partial charge in [0.2, 0.25) is 15.9 Å². The lowest BCUT2D eigenvalue weighted by Crippen LogP contribution is -2.45. The van der Waals surface area contributed by atoms with Crippen LogP contribution in [-0.2, 0) is 21.2 Å². The first-order valence-electron chi connectivity index (χ1n) is 9.56. The van der Waals surface area contributed by atoms with Crippen LogP contribution >= 0.6 is 11.6 Å². The standard InChI is InChI=1S/C23H23ClN2O4S/c1-16-12-13-21(30-2)22(14-16)31(28,29)26-20(15-17-8-4-3-5-9-17)23(27)25-19-11-7-6-10-18(19)24/h3-14,20,26H,15H2,1-2H3,(H,25,27)/t20-/m0/s1. The highest BCUT2D eigenvalue weighted by Gasteiger charge is 2.28. The summed E-state index contributed by atoms with van der Waals surface area (Å²) in [4.78, 5) is 13.0. The van der Waals surface area contributed by atoms with Gasteiger partial charge >= 0.3 is 0 Å². The lowest BCUT2D eigenvalue weighted by atomic mass is 10.1. The van der Waals surface area contributed by atoms with E-state index in [4.69, 9.17) is 16.3 Å². The Kier molecular flexibility index (Phi) is 7.33. The summed E-state index contributed by atoms with van der Waals surface area (Å²) in [5.74, 6) is -0.324. The van der Waals surface area contributed by atoms with E-state index in [1.807, 2.05) is 30.3 Å². The number of rotatable bonds is 8. The Morgan fingerprint density at radius 2 is 1.71 bits per heavy atom. The molecular formula is C23H23ClN2O4S. The minimum atomic E-state index is -4.06. The number of carbonyl (C=O) groups excluding carboxylic acids is 1. The molecule has 0 aliphatic carbocycles. The van der Waals surface area contributed by atoms with Gasteiger partial charge in [-0.1, -0.05) is 60.1 Å². The van der Waals surface area contributed by atoms with Crippen molar-refractivity contribution in [2.75, 3.05) is 12.4 Å². The van der Waals surface area contributed by atoms with E-state index in [1.54, 1.807) is 43.3 Å². The number of carbonyl (C=O) groups is 1. The van der Waals surface area contributed by atoms with Crippen molar-refractivity contribution < 1.29 is 17.9 Å². The molecule has 3 aromatic carbocycles. The maximum Gasteiger partial charge on any atom is 0.245 e. The van der Waals surface area contributed by atoms with Gasteiger partial charge in [-0.3, -0.25) is 4.79 Å². The van der Waals surface area contributed by atoms with E-state index in [0.29, 0.717) is 10.7 Å². The van der Waals surface area contributed by atoms with Crippen molar-refractivity contribution in [1.29, 1.82) is 0 Å². The number of halogens is 1. The number of sulfonamides is 1. The molecule has 3 aromatic rings. The van der Waals surface area contributed by atoms with Crippen molar-refractivity contribution in [2.45, 2.75) is 24.3 Å². The van der Waals surface area contributed by atoms with Crippen molar-refractivity contribution in [3.63, 3.8) is 0 Å². The van der Waals surface area contributed by atoms with E-state index < -0.39 is 22.0 Å². The second kappa shape index (κ2) is 9.96. The van der Waals surface area contributed by atoms with Gasteiger partial charge in [0.15, 0.2) is 0 Å². The molecule has 0 heterocycles. The van der Waals surface area contributed by atoms with Gasteiger partial charge in [-0.25, -0.2) is 8.42 Å². The van der Waals surface area contributed by atoms with Crippen molar-refractivity contribution >= 4 is 33.2 Å². The molecule has 3 rings (SSSR count). The number of ether oxygens (including phenoxy) is 1. The third-order valence-electron chi connectivity index (χ3n) is 4.64. The van der Waals surface area contributed by atoms with Gasteiger partial charge in [0.1, 0.15) is 16.7 Å². The maximum atomic E-state index is 13.2. The molecule has 6 nitrogen and oxygen atoms in total. The van der Waals surface area contributed by atoms with Crippen LogP contribution in [0, 0.1) is 6.92 Å². The van der Waals surface area contributed by atoms with E-state index in [1.165, 1.54) is 13.2 Å². The number of para-hydroxylation sites is 1. The molecule has 0 aromatic heterocycles. The zero-order chi connectivity index (χ0) is 22.4. The van der Waals surface area contributed by atoms with Gasteiger partial charge in [-0.15, -0.1) is 0 Å². The summed E-state index contributed by atoms with van der Waals surface area (Å²) in [5.41, 5.74) is 1.96. The summed E-state index contributed by atoms with van der Waals surface area (Å²) in [6, 6.07) is 19.7. The first kappa shape index (κ1) is 22.8. The lowest BCUT2D eigenvalue weighted by molar-refractivity contribution is -0.117. The molecule has 31 heavy (non-hydrogen) atoms. The van der Waals surface area contributed by atoms with E-state index in [0.717, 1.165) is 11.1 Å². The third-order valence-corrected chi connectivity index (χ3v) is 6.46. The summed E-state index contributed by atoms with van der Waals surface area (Å²) in [5, 5.41) is 3.07. The zero-order valence-electron chi connectivity index (χ0n) is 17.1. The first-order valence-corrected chi connectivity index (χ1v) is 11.4. The lowest BCUT2D eigenvalue weighted by Gasteiger charge is -2.20. The number of amides is 1. The Morgan fingerprint density at radius 3 is 2.39 bits per heavy atom. The molecular weight excluding hydrogens is 436 g/mol. The number of hydrogen-bond donors (Lipinski definition) is 2. The number of anilines is 1. The van der Waals surface area contributed by atoms with Gasteiger partial charge in [0.05, 0.1) is 17.8 Å². The molecule has 2 N–H and O–H groups in total. The molecule has 0 aliphatic rings. The van der Waals surface area contributed by atoms with Gasteiger partial charge in [-0.2, -0.15) is 4.72 Å². The van der Waals surface area contributed by atoms with E-state index in [-0.39, 0.29) is 17.1 Å². The van der Waals surface area contributed by atoms with Crippen LogP contribution in [0.5, 0.6) is 5.75 Å². The van der Waals surface area contributed by atoms with E-state index in [9.17, 15) is 13.2 Å². The second-order valence-corrected chi connectivity index (χ2v) is 9.08. The van der Waals surface area contributed by atoms with Crippen molar-refractivity contribution in [3.05, 3.63) is 88.9 Å². The Morgan fingerprint density at radius 1 is 1.03 bits per heavy atom.